The van der Waals surface area contributed by atoms with Gasteiger partial charge in [-0.05, 0) is 23.8 Å². The van der Waals surface area contributed by atoms with Crippen molar-refractivity contribution in [3.63, 3.8) is 0 Å². The fraction of sp³-hybridized carbons (Fsp3) is 0.318. The molecule has 0 radical (unpaired) electrons. The van der Waals surface area contributed by atoms with Crippen LogP contribution in [-0.2, 0) is 17.8 Å². The maximum atomic E-state index is 5.70. The Bertz CT molecular complexity index is 744. The molecule has 0 spiro atoms. The molecular formula is C22H30N4O2. The van der Waals surface area contributed by atoms with Crippen LogP contribution in [-0.4, -0.2) is 39.9 Å². The predicted octanol–water partition coefficient (Wildman–Crippen LogP) is 3.17. The summed E-state index contributed by atoms with van der Waals surface area (Å²) in [5.41, 5.74) is 3.33. The average molecular weight is 383 g/mol. The molecule has 0 aliphatic heterocycles. The lowest BCUT2D eigenvalue weighted by Gasteiger charge is -2.14. The van der Waals surface area contributed by atoms with Gasteiger partial charge in [0.25, 0.3) is 0 Å². The summed E-state index contributed by atoms with van der Waals surface area (Å²) in [5.74, 6) is 1.59. The number of anilines is 1. The van der Waals surface area contributed by atoms with Crippen LogP contribution in [0.2, 0.25) is 0 Å². The van der Waals surface area contributed by atoms with Crippen LogP contribution in [0.1, 0.15) is 11.1 Å². The molecule has 0 unspecified atom stereocenters. The Morgan fingerprint density at radius 2 is 1.82 bits per heavy atom. The lowest BCUT2D eigenvalue weighted by atomic mass is 10.2. The number of aliphatic imine (C=N–C) groups is 1. The minimum absolute atomic E-state index is 0.486. The molecule has 0 amide bonds. The van der Waals surface area contributed by atoms with Crippen LogP contribution in [0.15, 0.2) is 66.2 Å². The SMILES string of the molecule is C=CCOc1ccccc1CNC(=NC)NCc1ccc(NCCOC)cc1. The van der Waals surface area contributed by atoms with Crippen molar-refractivity contribution in [3.05, 3.63) is 72.3 Å². The molecule has 3 N–H and O–H groups in total. The molecule has 6 nitrogen and oxygen atoms in total. The van der Waals surface area contributed by atoms with E-state index in [1.165, 1.54) is 5.56 Å². The standard InChI is InChI=1S/C22H30N4O2/c1-4-14-28-21-8-6-5-7-19(21)17-26-22(23-2)25-16-18-9-11-20(12-10-18)24-13-15-27-3/h4-12,24H,1,13-17H2,2-3H3,(H2,23,25,26). The minimum atomic E-state index is 0.486. The first-order chi connectivity index (χ1) is 13.8. The van der Waals surface area contributed by atoms with E-state index in [2.05, 4.69) is 51.8 Å². The summed E-state index contributed by atoms with van der Waals surface area (Å²) >= 11 is 0. The molecule has 0 saturated heterocycles. The topological polar surface area (TPSA) is 66.9 Å². The summed E-state index contributed by atoms with van der Waals surface area (Å²) < 4.78 is 10.7. The number of nitrogens with one attached hydrogen (secondary N) is 3. The number of methoxy groups -OCH3 is 1. The van der Waals surface area contributed by atoms with E-state index in [0.29, 0.717) is 26.3 Å². The zero-order valence-corrected chi connectivity index (χ0v) is 16.7. The number of para-hydroxylation sites is 1. The Hall–Kier alpha value is -2.99. The number of benzene rings is 2. The van der Waals surface area contributed by atoms with Gasteiger partial charge in [0.1, 0.15) is 12.4 Å². The summed E-state index contributed by atoms with van der Waals surface area (Å²) in [5, 5.41) is 9.96. The highest BCUT2D eigenvalue weighted by atomic mass is 16.5. The van der Waals surface area contributed by atoms with Crippen molar-refractivity contribution < 1.29 is 9.47 Å². The van der Waals surface area contributed by atoms with Gasteiger partial charge in [0.2, 0.25) is 0 Å². The monoisotopic (exact) mass is 382 g/mol. The second-order valence-electron chi connectivity index (χ2n) is 6.10. The molecule has 0 aliphatic carbocycles. The van der Waals surface area contributed by atoms with Gasteiger partial charge in [-0.25, -0.2) is 0 Å². The molecule has 6 heteroatoms. The van der Waals surface area contributed by atoms with Crippen LogP contribution < -0.4 is 20.7 Å². The molecule has 0 aromatic heterocycles. The number of nitrogens with zero attached hydrogens (tertiary/aromatic N) is 1. The molecule has 150 valence electrons. The fourth-order valence-electron chi connectivity index (χ4n) is 2.56. The maximum absolute atomic E-state index is 5.70. The Morgan fingerprint density at radius 3 is 2.54 bits per heavy atom. The summed E-state index contributed by atoms with van der Waals surface area (Å²) in [4.78, 5) is 4.29. The van der Waals surface area contributed by atoms with Crippen LogP contribution in [0.5, 0.6) is 5.75 Å². The van der Waals surface area contributed by atoms with Crippen molar-refractivity contribution in [1.82, 2.24) is 10.6 Å². The van der Waals surface area contributed by atoms with Crippen molar-refractivity contribution in [1.29, 1.82) is 0 Å². The van der Waals surface area contributed by atoms with Gasteiger partial charge >= 0.3 is 0 Å². The summed E-state index contributed by atoms with van der Waals surface area (Å²) in [6, 6.07) is 16.3. The van der Waals surface area contributed by atoms with Gasteiger partial charge in [-0.2, -0.15) is 0 Å². The molecule has 2 rings (SSSR count). The lowest BCUT2D eigenvalue weighted by Crippen LogP contribution is -2.36. The van der Waals surface area contributed by atoms with E-state index < -0.39 is 0 Å². The molecule has 0 atom stereocenters. The quantitative estimate of drug-likeness (QED) is 0.241. The van der Waals surface area contributed by atoms with E-state index in [0.717, 1.165) is 29.5 Å². The van der Waals surface area contributed by atoms with Gasteiger partial charge in [0.05, 0.1) is 6.61 Å². The van der Waals surface area contributed by atoms with Gasteiger partial charge in [-0.15, -0.1) is 0 Å². The largest absolute Gasteiger partial charge is 0.489 e. The molecule has 0 fully saturated rings. The van der Waals surface area contributed by atoms with Crippen molar-refractivity contribution in [2.24, 2.45) is 4.99 Å². The fourth-order valence-corrected chi connectivity index (χ4v) is 2.56. The van der Waals surface area contributed by atoms with Crippen LogP contribution in [0.3, 0.4) is 0 Å². The molecule has 2 aromatic rings. The number of rotatable bonds is 11. The smallest absolute Gasteiger partial charge is 0.191 e. The first kappa shape index (κ1) is 21.3. The number of hydrogen-bond acceptors (Lipinski definition) is 4. The summed E-state index contributed by atoms with van der Waals surface area (Å²) in [6.45, 7) is 6.97. The molecule has 2 aromatic carbocycles. The number of guanidine groups is 1. The van der Waals surface area contributed by atoms with Crippen molar-refractivity contribution in [3.8, 4) is 5.75 Å². The summed E-state index contributed by atoms with van der Waals surface area (Å²) in [7, 11) is 3.46. The second kappa shape index (κ2) is 12.4. The highest BCUT2D eigenvalue weighted by Gasteiger charge is 2.04. The zero-order chi connectivity index (χ0) is 20.0. The first-order valence-electron chi connectivity index (χ1n) is 9.34. The van der Waals surface area contributed by atoms with Crippen LogP contribution in [0, 0.1) is 0 Å². The molecule has 0 saturated carbocycles. The Labute approximate surface area is 167 Å². The third-order valence-electron chi connectivity index (χ3n) is 4.05. The Balaban J connectivity index is 1.82. The highest BCUT2D eigenvalue weighted by Crippen LogP contribution is 2.17. The molecule has 0 aliphatic rings. The predicted molar refractivity (Wildman–Crippen MR) is 116 cm³/mol. The van der Waals surface area contributed by atoms with Gasteiger partial charge in [0, 0.05) is 45.0 Å². The van der Waals surface area contributed by atoms with Gasteiger partial charge < -0.3 is 25.4 Å². The van der Waals surface area contributed by atoms with E-state index in [9.17, 15) is 0 Å². The normalized spacial score (nSPS) is 11.0. The average Bonchev–Trinajstić information content (AvgIpc) is 2.74. The summed E-state index contributed by atoms with van der Waals surface area (Å²) in [6.07, 6.45) is 1.74. The van der Waals surface area contributed by atoms with E-state index in [1.54, 1.807) is 20.2 Å². The van der Waals surface area contributed by atoms with Crippen molar-refractivity contribution in [2.45, 2.75) is 13.1 Å². The van der Waals surface area contributed by atoms with E-state index in [4.69, 9.17) is 9.47 Å². The third-order valence-corrected chi connectivity index (χ3v) is 4.05. The second-order valence-corrected chi connectivity index (χ2v) is 6.10. The van der Waals surface area contributed by atoms with Gasteiger partial charge in [-0.3, -0.25) is 4.99 Å². The highest BCUT2D eigenvalue weighted by molar-refractivity contribution is 5.79. The van der Waals surface area contributed by atoms with E-state index in [-0.39, 0.29) is 0 Å². The third kappa shape index (κ3) is 7.32. The van der Waals surface area contributed by atoms with Crippen LogP contribution in [0.4, 0.5) is 5.69 Å². The lowest BCUT2D eigenvalue weighted by molar-refractivity contribution is 0.211. The molecule has 28 heavy (non-hydrogen) atoms. The van der Waals surface area contributed by atoms with E-state index in [1.807, 2.05) is 24.3 Å². The van der Waals surface area contributed by atoms with Crippen LogP contribution in [0.25, 0.3) is 0 Å². The van der Waals surface area contributed by atoms with Crippen LogP contribution >= 0.6 is 0 Å². The molecular weight excluding hydrogens is 352 g/mol. The molecule has 0 heterocycles. The van der Waals surface area contributed by atoms with Gasteiger partial charge in [0.15, 0.2) is 5.96 Å². The van der Waals surface area contributed by atoms with E-state index >= 15 is 0 Å². The van der Waals surface area contributed by atoms with Gasteiger partial charge in [-0.1, -0.05) is 43.0 Å². The van der Waals surface area contributed by atoms with Crippen molar-refractivity contribution >= 4 is 11.6 Å². The Morgan fingerprint density at radius 1 is 1.07 bits per heavy atom. The Kier molecular flexibility index (Phi) is 9.44. The number of ether oxygens (including phenoxy) is 2. The number of hydrogen-bond donors (Lipinski definition) is 3. The van der Waals surface area contributed by atoms with Crippen molar-refractivity contribution in [2.75, 3.05) is 39.2 Å². The first-order valence-corrected chi connectivity index (χ1v) is 9.34. The minimum Gasteiger partial charge on any atom is -0.489 e. The maximum Gasteiger partial charge on any atom is 0.191 e. The molecule has 0 bridgehead atoms. The zero-order valence-electron chi connectivity index (χ0n) is 16.7.